The van der Waals surface area contributed by atoms with Crippen LogP contribution < -0.4 is 0 Å². The number of aliphatic hydroxyl groups is 3. The van der Waals surface area contributed by atoms with E-state index in [0.717, 1.165) is 6.42 Å². The Kier molecular flexibility index (Phi) is 6.02. The Morgan fingerprint density at radius 1 is 1.24 bits per heavy atom. The van der Waals surface area contributed by atoms with Crippen molar-refractivity contribution in [1.82, 2.24) is 0 Å². The first-order valence-corrected chi connectivity index (χ1v) is 7.53. The Hall–Kier alpha value is 0.480. The first-order valence-electron chi connectivity index (χ1n) is 5.80. The van der Waals surface area contributed by atoms with Crippen molar-refractivity contribution in [2.45, 2.75) is 55.5 Å². The van der Waals surface area contributed by atoms with Gasteiger partial charge in [-0.3, -0.25) is 0 Å². The molecule has 1 fully saturated rings. The Balaban J connectivity index is 2.84. The molecule has 0 radical (unpaired) electrons. The van der Waals surface area contributed by atoms with E-state index in [4.69, 9.17) is 16.3 Å². The predicted octanol–water partition coefficient (Wildman–Crippen LogP) is 0.810. The summed E-state index contributed by atoms with van der Waals surface area (Å²) in [5.74, 6) is -0.0523. The van der Waals surface area contributed by atoms with Gasteiger partial charge in [0.25, 0.3) is 0 Å². The molecule has 6 heteroatoms. The molecule has 102 valence electrons. The monoisotopic (exact) mass is 284 g/mol. The third kappa shape index (κ3) is 3.28. The number of hydrogen-bond acceptors (Lipinski definition) is 5. The minimum Gasteiger partial charge on any atom is -0.388 e. The number of rotatable bonds is 4. The van der Waals surface area contributed by atoms with Crippen molar-refractivity contribution in [2.24, 2.45) is 5.92 Å². The van der Waals surface area contributed by atoms with Crippen LogP contribution in [0.4, 0.5) is 0 Å². The summed E-state index contributed by atoms with van der Waals surface area (Å²) in [6.45, 7) is 3.81. The van der Waals surface area contributed by atoms with E-state index in [1.807, 2.05) is 13.8 Å². The molecule has 0 aliphatic carbocycles. The molecule has 1 aliphatic rings. The molecule has 0 saturated carbocycles. The van der Waals surface area contributed by atoms with Gasteiger partial charge in [-0.05, 0) is 19.6 Å². The second-order valence-electron chi connectivity index (χ2n) is 4.43. The first-order chi connectivity index (χ1) is 7.93. The van der Waals surface area contributed by atoms with Crippen LogP contribution in [0, 0.1) is 5.92 Å². The fraction of sp³-hybridized carbons (Fsp3) is 1.00. The zero-order valence-corrected chi connectivity index (χ0v) is 11.9. The molecule has 0 spiro atoms. The van der Waals surface area contributed by atoms with Crippen LogP contribution in [0.1, 0.15) is 20.3 Å². The van der Waals surface area contributed by atoms with Crippen molar-refractivity contribution in [3.8, 4) is 0 Å². The molecule has 0 amide bonds. The van der Waals surface area contributed by atoms with Gasteiger partial charge in [-0.2, -0.15) is 0 Å². The van der Waals surface area contributed by atoms with E-state index < -0.39 is 29.9 Å². The van der Waals surface area contributed by atoms with Crippen molar-refractivity contribution >= 4 is 23.4 Å². The first kappa shape index (κ1) is 15.5. The lowest BCUT2D eigenvalue weighted by Crippen LogP contribution is -2.59. The third-order valence-corrected chi connectivity index (χ3v) is 4.50. The Morgan fingerprint density at radius 3 is 2.24 bits per heavy atom. The molecule has 0 unspecified atom stereocenters. The van der Waals surface area contributed by atoms with E-state index >= 15 is 0 Å². The summed E-state index contributed by atoms with van der Waals surface area (Å²) in [5.41, 5.74) is -0.525. The maximum atomic E-state index is 9.97. The van der Waals surface area contributed by atoms with Gasteiger partial charge in [-0.1, -0.05) is 6.92 Å². The summed E-state index contributed by atoms with van der Waals surface area (Å²) >= 11 is 7.39. The van der Waals surface area contributed by atoms with E-state index in [1.165, 1.54) is 11.8 Å². The van der Waals surface area contributed by atoms with Crippen molar-refractivity contribution in [3.63, 3.8) is 0 Å². The highest BCUT2D eigenvalue weighted by atomic mass is 35.5. The molecule has 1 aliphatic heterocycles. The molecular formula is C11H21ClO4S. The smallest absolute Gasteiger partial charge is 0.132 e. The van der Waals surface area contributed by atoms with Crippen LogP contribution in [0.25, 0.3) is 0 Å². The Morgan fingerprint density at radius 2 is 1.82 bits per heavy atom. The molecule has 0 aromatic rings. The summed E-state index contributed by atoms with van der Waals surface area (Å²) < 4.78 is 5.66. The molecule has 4 nitrogen and oxygen atoms in total. The highest BCUT2D eigenvalue weighted by Crippen LogP contribution is 2.33. The lowest BCUT2D eigenvalue weighted by atomic mass is 9.87. The lowest BCUT2D eigenvalue weighted by molar-refractivity contribution is -0.211. The van der Waals surface area contributed by atoms with Gasteiger partial charge in [0, 0.05) is 11.3 Å². The Labute approximate surface area is 111 Å². The molecule has 1 rings (SSSR count). The number of ether oxygens (including phenoxy) is 1. The number of aliphatic hydroxyl groups excluding tert-OH is 3. The molecule has 7 atom stereocenters. The van der Waals surface area contributed by atoms with Crippen molar-refractivity contribution < 1.29 is 20.1 Å². The maximum Gasteiger partial charge on any atom is 0.132 e. The van der Waals surface area contributed by atoms with E-state index in [9.17, 15) is 15.3 Å². The fourth-order valence-corrected chi connectivity index (χ4v) is 3.24. The van der Waals surface area contributed by atoms with Gasteiger partial charge in [0.1, 0.15) is 23.7 Å². The van der Waals surface area contributed by atoms with Gasteiger partial charge in [0.05, 0.1) is 6.10 Å². The summed E-state index contributed by atoms with van der Waals surface area (Å²) in [4.78, 5) is 0. The number of halogens is 1. The molecule has 0 aromatic heterocycles. The standard InChI is InChI=1S/C11H21ClO4S/c1-4-6(5(2)12)10-8(14)7(13)9(15)11(16-10)17-3/h5-11,13-15H,4H2,1-3H3/t5-,6+,7-,8+,9+,10+,11+/m0/s1. The predicted molar refractivity (Wildman–Crippen MR) is 69.3 cm³/mol. The summed E-state index contributed by atoms with van der Waals surface area (Å²) in [7, 11) is 0. The highest BCUT2D eigenvalue weighted by Gasteiger charge is 2.46. The molecule has 17 heavy (non-hydrogen) atoms. The molecule has 1 saturated heterocycles. The summed E-state index contributed by atoms with van der Waals surface area (Å²) in [5, 5.41) is 29.3. The molecule has 1 heterocycles. The molecular weight excluding hydrogens is 264 g/mol. The molecule has 0 aromatic carbocycles. The Bertz CT molecular complexity index is 240. The quantitative estimate of drug-likeness (QED) is 0.667. The van der Waals surface area contributed by atoms with Gasteiger partial charge < -0.3 is 20.1 Å². The number of hydrogen-bond donors (Lipinski definition) is 3. The van der Waals surface area contributed by atoms with E-state index in [0.29, 0.717) is 0 Å². The van der Waals surface area contributed by atoms with E-state index in [1.54, 1.807) is 6.26 Å². The summed E-state index contributed by atoms with van der Waals surface area (Å²) in [6, 6.07) is 0. The minimum atomic E-state index is -1.18. The van der Waals surface area contributed by atoms with E-state index in [2.05, 4.69) is 0 Å². The summed E-state index contributed by atoms with van der Waals surface area (Å²) in [6.07, 6.45) is -1.35. The van der Waals surface area contributed by atoms with Gasteiger partial charge in [-0.15, -0.1) is 23.4 Å². The maximum absolute atomic E-state index is 9.97. The van der Waals surface area contributed by atoms with Gasteiger partial charge in [0.2, 0.25) is 0 Å². The average Bonchev–Trinajstić information content (AvgIpc) is 2.29. The zero-order chi connectivity index (χ0) is 13.2. The van der Waals surface area contributed by atoms with Crippen molar-refractivity contribution in [3.05, 3.63) is 0 Å². The van der Waals surface area contributed by atoms with Crippen LogP contribution in [-0.4, -0.2) is 56.8 Å². The fourth-order valence-electron chi connectivity index (χ4n) is 2.24. The SMILES string of the molecule is CC[C@@H]([C@H]1O[C@H](SC)[C@H](O)[C@@H](O)[C@H]1O)[C@H](C)Cl. The van der Waals surface area contributed by atoms with Crippen LogP contribution in [0.2, 0.25) is 0 Å². The topological polar surface area (TPSA) is 69.9 Å². The average molecular weight is 285 g/mol. The van der Waals surface area contributed by atoms with Crippen molar-refractivity contribution in [1.29, 1.82) is 0 Å². The highest BCUT2D eigenvalue weighted by molar-refractivity contribution is 7.99. The largest absolute Gasteiger partial charge is 0.388 e. The minimum absolute atomic E-state index is 0.0523. The van der Waals surface area contributed by atoms with Crippen LogP contribution in [-0.2, 0) is 4.74 Å². The van der Waals surface area contributed by atoms with Gasteiger partial charge in [0.15, 0.2) is 0 Å². The molecule has 0 bridgehead atoms. The van der Waals surface area contributed by atoms with Crippen LogP contribution in [0.15, 0.2) is 0 Å². The molecule has 3 N–H and O–H groups in total. The zero-order valence-electron chi connectivity index (χ0n) is 10.3. The van der Waals surface area contributed by atoms with Crippen molar-refractivity contribution in [2.75, 3.05) is 6.26 Å². The second-order valence-corrected chi connectivity index (χ2v) is 6.05. The third-order valence-electron chi connectivity index (χ3n) is 3.32. The van der Waals surface area contributed by atoms with Gasteiger partial charge >= 0.3 is 0 Å². The van der Waals surface area contributed by atoms with Crippen LogP contribution in [0.5, 0.6) is 0 Å². The second kappa shape index (κ2) is 6.59. The number of alkyl halides is 1. The normalized spacial score (nSPS) is 42.2. The van der Waals surface area contributed by atoms with E-state index in [-0.39, 0.29) is 11.3 Å². The lowest BCUT2D eigenvalue weighted by Gasteiger charge is -2.43. The number of thioether (sulfide) groups is 1. The van der Waals surface area contributed by atoms with Crippen LogP contribution in [0.3, 0.4) is 0 Å². The van der Waals surface area contributed by atoms with Crippen LogP contribution >= 0.6 is 23.4 Å². The van der Waals surface area contributed by atoms with Gasteiger partial charge in [-0.25, -0.2) is 0 Å².